The number of ether oxygens (including phenoxy) is 2. The Labute approximate surface area is 194 Å². The van der Waals surface area contributed by atoms with Gasteiger partial charge in [-0.3, -0.25) is 4.98 Å². The Morgan fingerprint density at radius 1 is 0.939 bits per heavy atom. The summed E-state index contributed by atoms with van der Waals surface area (Å²) >= 11 is 0. The monoisotopic (exact) mass is 436 g/mol. The van der Waals surface area contributed by atoms with Crippen molar-refractivity contribution in [1.29, 1.82) is 0 Å². The first kappa shape index (κ1) is 21.1. The maximum atomic E-state index is 6.06. The van der Waals surface area contributed by atoms with E-state index in [1.807, 2.05) is 36.5 Å². The smallest absolute Gasteiger partial charge is 0.145 e. The summed E-state index contributed by atoms with van der Waals surface area (Å²) < 4.78 is 13.9. The molecule has 0 aliphatic carbocycles. The second kappa shape index (κ2) is 8.62. The van der Waals surface area contributed by atoms with E-state index in [9.17, 15) is 0 Å². The Balaban J connectivity index is 1.62. The SMILES string of the molecule is COc1cccc2c1ncc1c(C(C)C)cn(-c3ccc(OCc4ccccc4)cc3C)c12. The van der Waals surface area contributed by atoms with Crippen LogP contribution in [0.25, 0.3) is 27.5 Å². The van der Waals surface area contributed by atoms with Crippen LogP contribution >= 0.6 is 0 Å². The lowest BCUT2D eigenvalue weighted by atomic mass is 10.0. The van der Waals surface area contributed by atoms with Crippen LogP contribution in [-0.2, 0) is 6.61 Å². The maximum absolute atomic E-state index is 6.06. The van der Waals surface area contributed by atoms with Crippen LogP contribution in [0, 0.1) is 6.92 Å². The zero-order valence-corrected chi connectivity index (χ0v) is 19.5. The van der Waals surface area contributed by atoms with E-state index in [1.54, 1.807) is 7.11 Å². The van der Waals surface area contributed by atoms with Crippen molar-refractivity contribution in [3.05, 3.63) is 95.8 Å². The van der Waals surface area contributed by atoms with Gasteiger partial charge in [0, 0.05) is 28.9 Å². The van der Waals surface area contributed by atoms with Gasteiger partial charge in [-0.15, -0.1) is 0 Å². The largest absolute Gasteiger partial charge is 0.494 e. The van der Waals surface area contributed by atoms with E-state index in [2.05, 4.69) is 67.9 Å². The Morgan fingerprint density at radius 2 is 1.76 bits per heavy atom. The first-order chi connectivity index (χ1) is 16.1. The minimum Gasteiger partial charge on any atom is -0.494 e. The normalized spacial score (nSPS) is 11.4. The number of benzene rings is 3. The number of fused-ring (bicyclic) bond motifs is 3. The summed E-state index contributed by atoms with van der Waals surface area (Å²) in [5.74, 6) is 2.04. The molecular formula is C29H28N2O2. The molecule has 0 aliphatic heterocycles. The third-order valence-corrected chi connectivity index (χ3v) is 6.17. The molecule has 5 rings (SSSR count). The van der Waals surface area contributed by atoms with Crippen LogP contribution in [-0.4, -0.2) is 16.7 Å². The number of pyridine rings is 1. The van der Waals surface area contributed by atoms with E-state index in [0.29, 0.717) is 12.5 Å². The third kappa shape index (κ3) is 3.82. The third-order valence-electron chi connectivity index (χ3n) is 6.17. The van der Waals surface area contributed by atoms with Crippen molar-refractivity contribution in [2.45, 2.75) is 33.3 Å². The Kier molecular flexibility index (Phi) is 5.51. The van der Waals surface area contributed by atoms with Crippen LogP contribution in [0.3, 0.4) is 0 Å². The summed E-state index contributed by atoms with van der Waals surface area (Å²) in [7, 11) is 1.69. The molecule has 0 unspecified atom stereocenters. The number of para-hydroxylation sites is 1. The van der Waals surface area contributed by atoms with E-state index >= 15 is 0 Å². The van der Waals surface area contributed by atoms with Crippen molar-refractivity contribution in [1.82, 2.24) is 9.55 Å². The highest BCUT2D eigenvalue weighted by Gasteiger charge is 2.18. The molecule has 0 bridgehead atoms. The number of nitrogens with zero attached hydrogens (tertiary/aromatic N) is 2. The summed E-state index contributed by atoms with van der Waals surface area (Å²) in [5, 5.41) is 2.26. The van der Waals surface area contributed by atoms with E-state index in [1.165, 1.54) is 10.9 Å². The highest BCUT2D eigenvalue weighted by molar-refractivity contribution is 6.07. The fraction of sp³-hybridized carbons (Fsp3) is 0.207. The van der Waals surface area contributed by atoms with Gasteiger partial charge in [-0.1, -0.05) is 56.3 Å². The molecule has 0 spiro atoms. The van der Waals surface area contributed by atoms with Gasteiger partial charge in [-0.05, 0) is 53.8 Å². The number of aromatic nitrogens is 2. The van der Waals surface area contributed by atoms with E-state index in [4.69, 9.17) is 14.5 Å². The Morgan fingerprint density at radius 3 is 2.48 bits per heavy atom. The number of methoxy groups -OCH3 is 1. The molecule has 0 amide bonds. The first-order valence-electron chi connectivity index (χ1n) is 11.3. The van der Waals surface area contributed by atoms with Crippen LogP contribution in [0.15, 0.2) is 79.1 Å². The Bertz CT molecular complexity index is 1440. The zero-order chi connectivity index (χ0) is 22.9. The van der Waals surface area contributed by atoms with Gasteiger partial charge in [-0.25, -0.2) is 0 Å². The molecule has 166 valence electrons. The van der Waals surface area contributed by atoms with Crippen molar-refractivity contribution >= 4 is 21.8 Å². The zero-order valence-electron chi connectivity index (χ0n) is 19.5. The van der Waals surface area contributed by atoms with E-state index in [0.717, 1.165) is 44.7 Å². The molecule has 2 aromatic heterocycles. The van der Waals surface area contributed by atoms with Gasteiger partial charge in [0.2, 0.25) is 0 Å². The lowest BCUT2D eigenvalue weighted by Crippen LogP contribution is -1.99. The van der Waals surface area contributed by atoms with E-state index in [-0.39, 0.29) is 0 Å². The minimum absolute atomic E-state index is 0.382. The number of rotatable bonds is 6. The molecule has 0 N–H and O–H groups in total. The molecule has 0 aliphatic rings. The molecule has 4 heteroatoms. The molecule has 0 atom stereocenters. The highest BCUT2D eigenvalue weighted by atomic mass is 16.5. The lowest BCUT2D eigenvalue weighted by molar-refractivity contribution is 0.306. The van der Waals surface area contributed by atoms with Crippen LogP contribution < -0.4 is 9.47 Å². The van der Waals surface area contributed by atoms with Crippen molar-refractivity contribution in [2.24, 2.45) is 0 Å². The number of hydrogen-bond acceptors (Lipinski definition) is 3. The molecule has 0 saturated heterocycles. The van der Waals surface area contributed by atoms with Crippen molar-refractivity contribution in [2.75, 3.05) is 7.11 Å². The average molecular weight is 437 g/mol. The summed E-state index contributed by atoms with van der Waals surface area (Å²) in [6.45, 7) is 7.14. The van der Waals surface area contributed by atoms with Crippen molar-refractivity contribution in [3.63, 3.8) is 0 Å². The standard InChI is InChI=1S/C29H28N2O2/c1-19(2)25-17-31(29-23-11-8-12-27(32-4)28(23)30-16-24(25)29)26-14-13-22(15-20(26)3)33-18-21-9-6-5-7-10-21/h5-17,19H,18H2,1-4H3. The fourth-order valence-corrected chi connectivity index (χ4v) is 4.47. The second-order valence-electron chi connectivity index (χ2n) is 8.71. The first-order valence-corrected chi connectivity index (χ1v) is 11.3. The van der Waals surface area contributed by atoms with Gasteiger partial charge in [-0.2, -0.15) is 0 Å². The molecule has 0 fully saturated rings. The van der Waals surface area contributed by atoms with Crippen LogP contribution in [0.5, 0.6) is 11.5 Å². The summed E-state index contributed by atoms with van der Waals surface area (Å²) in [6.07, 6.45) is 4.24. The topological polar surface area (TPSA) is 36.3 Å². The fourth-order valence-electron chi connectivity index (χ4n) is 4.47. The molecule has 5 aromatic rings. The number of hydrogen-bond donors (Lipinski definition) is 0. The molecule has 2 heterocycles. The van der Waals surface area contributed by atoms with Crippen molar-refractivity contribution < 1.29 is 9.47 Å². The van der Waals surface area contributed by atoms with Gasteiger partial charge in [0.05, 0.1) is 12.6 Å². The quantitative estimate of drug-likeness (QED) is 0.282. The molecule has 0 radical (unpaired) electrons. The van der Waals surface area contributed by atoms with Gasteiger partial charge in [0.15, 0.2) is 0 Å². The van der Waals surface area contributed by atoms with E-state index < -0.39 is 0 Å². The van der Waals surface area contributed by atoms with Gasteiger partial charge < -0.3 is 14.0 Å². The second-order valence-corrected chi connectivity index (χ2v) is 8.71. The van der Waals surface area contributed by atoms with Crippen molar-refractivity contribution in [3.8, 4) is 17.2 Å². The Hall–Kier alpha value is -3.79. The average Bonchev–Trinajstić information content (AvgIpc) is 3.23. The summed E-state index contributed by atoms with van der Waals surface area (Å²) in [4.78, 5) is 4.76. The maximum Gasteiger partial charge on any atom is 0.145 e. The van der Waals surface area contributed by atoms with Crippen LogP contribution in [0.1, 0.15) is 36.5 Å². The number of aryl methyl sites for hydroxylation is 1. The summed E-state index contributed by atoms with van der Waals surface area (Å²) in [5.41, 5.74) is 6.76. The van der Waals surface area contributed by atoms with Gasteiger partial charge >= 0.3 is 0 Å². The summed E-state index contributed by atoms with van der Waals surface area (Å²) in [6, 6.07) is 22.7. The molecule has 4 nitrogen and oxygen atoms in total. The predicted octanol–water partition coefficient (Wildman–Crippen LogP) is 7.20. The van der Waals surface area contributed by atoms with Crippen LogP contribution in [0.2, 0.25) is 0 Å². The van der Waals surface area contributed by atoms with Gasteiger partial charge in [0.25, 0.3) is 0 Å². The molecule has 0 saturated carbocycles. The van der Waals surface area contributed by atoms with Crippen LogP contribution in [0.4, 0.5) is 0 Å². The predicted molar refractivity (Wildman–Crippen MR) is 135 cm³/mol. The molecule has 3 aromatic carbocycles. The molecule has 33 heavy (non-hydrogen) atoms. The minimum atomic E-state index is 0.382. The highest BCUT2D eigenvalue weighted by Crippen LogP contribution is 2.37. The lowest BCUT2D eigenvalue weighted by Gasteiger charge is -2.14. The van der Waals surface area contributed by atoms with Gasteiger partial charge in [0.1, 0.15) is 23.6 Å². The molecular weight excluding hydrogens is 408 g/mol.